The molecule has 2 nitrogen and oxygen atoms in total. The first-order valence-corrected chi connectivity index (χ1v) is 5.88. The summed E-state index contributed by atoms with van der Waals surface area (Å²) in [5, 5.41) is 9.97. The van der Waals surface area contributed by atoms with Crippen LogP contribution in [0.1, 0.15) is 22.2 Å². The maximum absolute atomic E-state index is 13.4. The first kappa shape index (κ1) is 11.2. The number of hydrogen-bond donors (Lipinski definition) is 1. The smallest absolute Gasteiger partial charge is 0.126 e. The molecule has 0 aliphatic carbocycles. The molecule has 1 atom stereocenters. The Kier molecular flexibility index (Phi) is 3.31. The van der Waals surface area contributed by atoms with Crippen molar-refractivity contribution in [1.82, 2.24) is 4.98 Å². The molecule has 1 unspecified atom stereocenters. The molecule has 2 rings (SSSR count). The second-order valence-corrected chi connectivity index (χ2v) is 4.50. The predicted molar refractivity (Wildman–Crippen MR) is 61.9 cm³/mol. The number of aliphatic hydroxyl groups excluding tert-OH is 1. The fourth-order valence-corrected chi connectivity index (χ4v) is 2.38. The lowest BCUT2D eigenvalue weighted by Gasteiger charge is -2.09. The molecule has 0 bridgehead atoms. The van der Waals surface area contributed by atoms with Crippen LogP contribution in [0.5, 0.6) is 0 Å². The lowest BCUT2D eigenvalue weighted by Crippen LogP contribution is -2.03. The van der Waals surface area contributed by atoms with E-state index in [0.29, 0.717) is 5.56 Å². The molecule has 0 radical (unpaired) electrons. The highest BCUT2D eigenvalue weighted by molar-refractivity contribution is 7.09. The summed E-state index contributed by atoms with van der Waals surface area (Å²) in [6.07, 6.45) is -0.389. The summed E-state index contributed by atoms with van der Waals surface area (Å²) in [6.45, 7) is 1.84. The van der Waals surface area contributed by atoms with Gasteiger partial charge in [-0.15, -0.1) is 11.3 Å². The maximum atomic E-state index is 13.4. The van der Waals surface area contributed by atoms with Gasteiger partial charge in [0, 0.05) is 6.42 Å². The zero-order chi connectivity index (χ0) is 11.5. The fourth-order valence-electron chi connectivity index (χ4n) is 1.60. The van der Waals surface area contributed by atoms with Crippen molar-refractivity contribution in [3.8, 4) is 0 Å². The molecular weight excluding hydrogens is 225 g/mol. The Morgan fingerprint density at radius 2 is 2.19 bits per heavy atom. The Labute approximate surface area is 97.4 Å². The van der Waals surface area contributed by atoms with Crippen LogP contribution in [0.25, 0.3) is 0 Å². The van der Waals surface area contributed by atoms with Crippen LogP contribution in [-0.4, -0.2) is 10.1 Å². The topological polar surface area (TPSA) is 33.1 Å². The molecule has 0 aliphatic rings. The van der Waals surface area contributed by atoms with Gasteiger partial charge in [-0.25, -0.2) is 9.37 Å². The molecule has 4 heteroatoms. The number of halogens is 1. The minimum Gasteiger partial charge on any atom is -0.387 e. The molecule has 0 saturated carbocycles. The fraction of sp³-hybridized carbons (Fsp3) is 0.250. The third-order valence-electron chi connectivity index (χ3n) is 2.46. The Morgan fingerprint density at radius 1 is 1.44 bits per heavy atom. The molecule has 0 fully saturated rings. The third kappa shape index (κ3) is 2.28. The van der Waals surface area contributed by atoms with Gasteiger partial charge in [-0.3, -0.25) is 0 Å². The monoisotopic (exact) mass is 237 g/mol. The number of aliphatic hydroxyl groups is 1. The Morgan fingerprint density at radius 3 is 2.81 bits per heavy atom. The number of benzene rings is 1. The van der Waals surface area contributed by atoms with E-state index in [0.717, 1.165) is 10.6 Å². The van der Waals surface area contributed by atoms with Crippen LogP contribution >= 0.6 is 11.3 Å². The normalized spacial score (nSPS) is 12.7. The van der Waals surface area contributed by atoms with E-state index in [1.807, 2.05) is 6.92 Å². The average Bonchev–Trinajstić information content (AvgIpc) is 2.68. The van der Waals surface area contributed by atoms with Crippen molar-refractivity contribution in [2.24, 2.45) is 0 Å². The summed E-state index contributed by atoms with van der Waals surface area (Å²) in [4.78, 5) is 4.88. The third-order valence-corrected chi connectivity index (χ3v) is 3.49. The molecule has 16 heavy (non-hydrogen) atoms. The van der Waals surface area contributed by atoms with Crippen LogP contribution in [0.15, 0.2) is 29.8 Å². The molecule has 1 aromatic heterocycles. The summed E-state index contributed by atoms with van der Waals surface area (Å²) in [7, 11) is 0. The van der Waals surface area contributed by atoms with Gasteiger partial charge in [0.25, 0.3) is 0 Å². The summed E-state index contributed by atoms with van der Waals surface area (Å²) < 4.78 is 13.4. The maximum Gasteiger partial charge on any atom is 0.126 e. The Bertz CT molecular complexity index is 483. The van der Waals surface area contributed by atoms with E-state index in [1.54, 1.807) is 23.7 Å². The van der Waals surface area contributed by atoms with E-state index in [2.05, 4.69) is 4.98 Å². The molecule has 0 aliphatic heterocycles. The molecule has 2 aromatic rings. The van der Waals surface area contributed by atoms with Crippen molar-refractivity contribution in [1.29, 1.82) is 0 Å². The van der Waals surface area contributed by atoms with E-state index in [1.165, 1.54) is 17.4 Å². The standard InChI is InChI=1S/C12H12FNOS/c1-8-12(16-7-14-8)11(15)6-9-4-2-3-5-10(9)13/h2-5,7,11,15H,6H2,1H3. The Balaban J connectivity index is 2.17. The van der Waals surface area contributed by atoms with Crippen LogP contribution in [-0.2, 0) is 6.42 Å². The van der Waals surface area contributed by atoms with E-state index < -0.39 is 6.10 Å². The van der Waals surface area contributed by atoms with Gasteiger partial charge in [0.15, 0.2) is 0 Å². The molecular formula is C12H12FNOS. The highest BCUT2D eigenvalue weighted by Crippen LogP contribution is 2.25. The highest BCUT2D eigenvalue weighted by atomic mass is 32.1. The molecule has 1 heterocycles. The van der Waals surface area contributed by atoms with Gasteiger partial charge in [-0.2, -0.15) is 0 Å². The van der Waals surface area contributed by atoms with Gasteiger partial charge in [-0.05, 0) is 18.6 Å². The van der Waals surface area contributed by atoms with Crippen molar-refractivity contribution in [3.63, 3.8) is 0 Å². The second kappa shape index (κ2) is 4.72. The van der Waals surface area contributed by atoms with E-state index >= 15 is 0 Å². The predicted octanol–water partition coefficient (Wildman–Crippen LogP) is 2.87. The van der Waals surface area contributed by atoms with Gasteiger partial charge in [0.2, 0.25) is 0 Å². The second-order valence-electron chi connectivity index (χ2n) is 3.61. The van der Waals surface area contributed by atoms with E-state index in [-0.39, 0.29) is 12.2 Å². The average molecular weight is 237 g/mol. The van der Waals surface area contributed by atoms with Gasteiger partial charge in [0.05, 0.1) is 22.2 Å². The van der Waals surface area contributed by atoms with Crippen molar-refractivity contribution in [2.45, 2.75) is 19.4 Å². The van der Waals surface area contributed by atoms with Crippen molar-refractivity contribution < 1.29 is 9.50 Å². The molecule has 0 saturated heterocycles. The largest absolute Gasteiger partial charge is 0.387 e. The summed E-state index contributed by atoms with van der Waals surface area (Å²) >= 11 is 1.40. The van der Waals surface area contributed by atoms with Crippen LogP contribution in [0.3, 0.4) is 0 Å². The first-order valence-electron chi connectivity index (χ1n) is 5.00. The number of aryl methyl sites for hydroxylation is 1. The highest BCUT2D eigenvalue weighted by Gasteiger charge is 2.15. The van der Waals surface area contributed by atoms with Crippen LogP contribution in [0.4, 0.5) is 4.39 Å². The van der Waals surface area contributed by atoms with Crippen LogP contribution < -0.4 is 0 Å². The van der Waals surface area contributed by atoms with Crippen molar-refractivity contribution in [2.75, 3.05) is 0 Å². The number of rotatable bonds is 3. The number of thiazole rings is 1. The van der Waals surface area contributed by atoms with Crippen molar-refractivity contribution in [3.05, 3.63) is 51.7 Å². The van der Waals surface area contributed by atoms with Crippen LogP contribution in [0.2, 0.25) is 0 Å². The minimum absolute atomic E-state index is 0.274. The summed E-state index contributed by atoms with van der Waals surface area (Å²) in [5.41, 5.74) is 3.03. The zero-order valence-corrected chi connectivity index (χ0v) is 9.67. The first-order chi connectivity index (χ1) is 7.68. The molecule has 1 N–H and O–H groups in total. The minimum atomic E-state index is -0.676. The number of hydrogen-bond acceptors (Lipinski definition) is 3. The summed E-state index contributed by atoms with van der Waals surface area (Å²) in [6, 6.07) is 6.50. The quantitative estimate of drug-likeness (QED) is 0.890. The van der Waals surface area contributed by atoms with E-state index in [9.17, 15) is 9.50 Å². The Hall–Kier alpha value is -1.26. The number of aromatic nitrogens is 1. The molecule has 1 aromatic carbocycles. The van der Waals surface area contributed by atoms with E-state index in [4.69, 9.17) is 0 Å². The van der Waals surface area contributed by atoms with Gasteiger partial charge in [0.1, 0.15) is 5.82 Å². The van der Waals surface area contributed by atoms with Gasteiger partial charge < -0.3 is 5.11 Å². The zero-order valence-electron chi connectivity index (χ0n) is 8.85. The summed E-state index contributed by atoms with van der Waals surface area (Å²) in [5.74, 6) is -0.274. The van der Waals surface area contributed by atoms with Gasteiger partial charge >= 0.3 is 0 Å². The number of nitrogens with zero attached hydrogens (tertiary/aromatic N) is 1. The van der Waals surface area contributed by atoms with Crippen LogP contribution in [0, 0.1) is 12.7 Å². The van der Waals surface area contributed by atoms with Gasteiger partial charge in [-0.1, -0.05) is 18.2 Å². The van der Waals surface area contributed by atoms with Crippen molar-refractivity contribution >= 4 is 11.3 Å². The lowest BCUT2D eigenvalue weighted by atomic mass is 10.1. The SMILES string of the molecule is Cc1ncsc1C(O)Cc1ccccc1F. The lowest BCUT2D eigenvalue weighted by molar-refractivity contribution is 0.180. The molecule has 0 amide bonds. The molecule has 84 valence electrons. The molecule has 0 spiro atoms.